The molecule has 1 heterocycles. The third-order valence-electron chi connectivity index (χ3n) is 3.67. The number of aliphatic hydroxyl groups excluding tert-OH is 1. The Morgan fingerprint density at radius 3 is 2.58 bits per heavy atom. The molecule has 3 rings (SSSR count). The van der Waals surface area contributed by atoms with Crippen LogP contribution in [0.5, 0.6) is 5.75 Å². The van der Waals surface area contributed by atoms with E-state index in [1.807, 2.05) is 54.6 Å². The highest BCUT2D eigenvalue weighted by molar-refractivity contribution is 5.29. The van der Waals surface area contributed by atoms with E-state index < -0.39 is 6.10 Å². The maximum atomic E-state index is 10.2. The SMILES string of the molecule is COc1ccc(C(O)CNCc2cnn(-c3ccccc3)n2)cc1. The first-order valence-corrected chi connectivity index (χ1v) is 7.75. The molecule has 124 valence electrons. The lowest BCUT2D eigenvalue weighted by Gasteiger charge is -2.12. The van der Waals surface area contributed by atoms with Crippen molar-refractivity contribution in [2.75, 3.05) is 13.7 Å². The van der Waals surface area contributed by atoms with Crippen molar-refractivity contribution in [1.29, 1.82) is 0 Å². The number of ether oxygens (including phenoxy) is 1. The van der Waals surface area contributed by atoms with Crippen molar-refractivity contribution < 1.29 is 9.84 Å². The molecule has 0 aliphatic carbocycles. The molecule has 0 saturated heterocycles. The number of rotatable bonds is 7. The standard InChI is InChI=1S/C18H20N4O2/c1-24-17-9-7-14(8-10-17)18(23)13-19-11-15-12-20-22(21-15)16-5-3-2-4-6-16/h2-10,12,18-19,23H,11,13H2,1H3. The van der Waals surface area contributed by atoms with E-state index in [1.165, 1.54) is 0 Å². The molecule has 0 radical (unpaired) electrons. The number of aliphatic hydroxyl groups is 1. The molecule has 1 unspecified atom stereocenters. The van der Waals surface area contributed by atoms with Gasteiger partial charge in [-0.3, -0.25) is 0 Å². The zero-order chi connectivity index (χ0) is 16.8. The van der Waals surface area contributed by atoms with Gasteiger partial charge in [0.2, 0.25) is 0 Å². The van der Waals surface area contributed by atoms with Crippen LogP contribution in [0.4, 0.5) is 0 Å². The van der Waals surface area contributed by atoms with Crippen LogP contribution in [0.1, 0.15) is 17.4 Å². The van der Waals surface area contributed by atoms with Crippen LogP contribution in [-0.2, 0) is 6.54 Å². The van der Waals surface area contributed by atoms with E-state index in [0.717, 1.165) is 22.7 Å². The molecule has 0 saturated carbocycles. The normalized spacial score (nSPS) is 12.1. The quantitative estimate of drug-likeness (QED) is 0.696. The van der Waals surface area contributed by atoms with Gasteiger partial charge in [-0.05, 0) is 29.8 Å². The van der Waals surface area contributed by atoms with Gasteiger partial charge in [-0.2, -0.15) is 15.0 Å². The van der Waals surface area contributed by atoms with Gasteiger partial charge in [0.05, 0.1) is 30.8 Å². The molecule has 0 amide bonds. The van der Waals surface area contributed by atoms with E-state index in [-0.39, 0.29) is 0 Å². The summed E-state index contributed by atoms with van der Waals surface area (Å²) < 4.78 is 5.11. The first-order chi connectivity index (χ1) is 11.8. The van der Waals surface area contributed by atoms with Crippen LogP contribution in [0.3, 0.4) is 0 Å². The maximum absolute atomic E-state index is 10.2. The molecule has 0 aliphatic rings. The van der Waals surface area contributed by atoms with Crippen LogP contribution in [0.25, 0.3) is 5.69 Å². The van der Waals surface area contributed by atoms with Crippen molar-refractivity contribution in [3.63, 3.8) is 0 Å². The third-order valence-corrected chi connectivity index (χ3v) is 3.67. The van der Waals surface area contributed by atoms with Crippen molar-refractivity contribution in [2.24, 2.45) is 0 Å². The van der Waals surface area contributed by atoms with Gasteiger partial charge in [0.15, 0.2) is 0 Å². The fourth-order valence-electron chi connectivity index (χ4n) is 2.34. The molecule has 3 aromatic rings. The van der Waals surface area contributed by atoms with Crippen molar-refractivity contribution >= 4 is 0 Å². The fraction of sp³-hybridized carbons (Fsp3) is 0.222. The molecule has 0 fully saturated rings. The molecular formula is C18H20N4O2. The monoisotopic (exact) mass is 324 g/mol. The Morgan fingerprint density at radius 1 is 1.12 bits per heavy atom. The van der Waals surface area contributed by atoms with Gasteiger partial charge in [0, 0.05) is 13.1 Å². The van der Waals surface area contributed by atoms with Gasteiger partial charge in [-0.15, -0.1) is 0 Å². The zero-order valence-electron chi connectivity index (χ0n) is 13.5. The summed E-state index contributed by atoms with van der Waals surface area (Å²) in [5, 5.41) is 22.1. The van der Waals surface area contributed by atoms with Crippen LogP contribution in [0.2, 0.25) is 0 Å². The van der Waals surface area contributed by atoms with E-state index >= 15 is 0 Å². The molecule has 6 nitrogen and oxygen atoms in total. The number of hydrogen-bond donors (Lipinski definition) is 2. The van der Waals surface area contributed by atoms with Gasteiger partial charge in [-0.25, -0.2) is 0 Å². The van der Waals surface area contributed by atoms with Gasteiger partial charge < -0.3 is 15.2 Å². The summed E-state index contributed by atoms with van der Waals surface area (Å²) in [5.41, 5.74) is 2.58. The molecule has 6 heteroatoms. The molecule has 24 heavy (non-hydrogen) atoms. The number of nitrogens with zero attached hydrogens (tertiary/aromatic N) is 3. The van der Waals surface area contributed by atoms with Crippen molar-refractivity contribution in [3.05, 3.63) is 72.1 Å². The fourth-order valence-corrected chi connectivity index (χ4v) is 2.34. The van der Waals surface area contributed by atoms with Crippen molar-refractivity contribution in [2.45, 2.75) is 12.6 Å². The molecule has 1 aromatic heterocycles. The summed E-state index contributed by atoms with van der Waals surface area (Å²) in [6.45, 7) is 0.977. The Balaban J connectivity index is 1.52. The Hall–Kier alpha value is -2.70. The van der Waals surface area contributed by atoms with Gasteiger partial charge in [0.1, 0.15) is 5.75 Å². The number of hydrogen-bond acceptors (Lipinski definition) is 5. The second kappa shape index (κ2) is 7.72. The molecule has 0 spiro atoms. The highest BCUT2D eigenvalue weighted by Gasteiger charge is 2.08. The number of benzene rings is 2. The number of nitrogens with one attached hydrogen (secondary N) is 1. The van der Waals surface area contributed by atoms with E-state index in [1.54, 1.807) is 18.1 Å². The van der Waals surface area contributed by atoms with Crippen LogP contribution in [-0.4, -0.2) is 33.8 Å². The Kier molecular flexibility index (Phi) is 5.20. The Labute approximate surface area is 140 Å². The average molecular weight is 324 g/mol. The van der Waals surface area contributed by atoms with Crippen LogP contribution >= 0.6 is 0 Å². The first-order valence-electron chi connectivity index (χ1n) is 7.75. The molecule has 1 atom stereocenters. The van der Waals surface area contributed by atoms with Crippen LogP contribution in [0, 0.1) is 0 Å². The summed E-state index contributed by atoms with van der Waals surface area (Å²) in [4.78, 5) is 1.59. The number of aromatic nitrogens is 3. The second-order valence-electron chi connectivity index (χ2n) is 5.38. The lowest BCUT2D eigenvalue weighted by atomic mass is 10.1. The summed E-state index contributed by atoms with van der Waals surface area (Å²) in [5.74, 6) is 0.774. The molecule has 2 aromatic carbocycles. The van der Waals surface area contributed by atoms with Gasteiger partial charge >= 0.3 is 0 Å². The average Bonchev–Trinajstić information content (AvgIpc) is 3.11. The lowest BCUT2D eigenvalue weighted by Crippen LogP contribution is -2.21. The largest absolute Gasteiger partial charge is 0.497 e. The Bertz CT molecular complexity index is 756. The number of methoxy groups -OCH3 is 1. The molecular weight excluding hydrogens is 304 g/mol. The van der Waals surface area contributed by atoms with Crippen LogP contribution in [0.15, 0.2) is 60.8 Å². The summed E-state index contributed by atoms with van der Waals surface area (Å²) in [6.07, 6.45) is 1.14. The molecule has 0 bridgehead atoms. The van der Waals surface area contributed by atoms with E-state index in [2.05, 4.69) is 15.5 Å². The van der Waals surface area contributed by atoms with Crippen molar-refractivity contribution in [1.82, 2.24) is 20.3 Å². The van der Waals surface area contributed by atoms with Gasteiger partial charge in [0.25, 0.3) is 0 Å². The minimum atomic E-state index is -0.583. The highest BCUT2D eigenvalue weighted by Crippen LogP contribution is 2.17. The first kappa shape index (κ1) is 16.2. The lowest BCUT2D eigenvalue weighted by molar-refractivity contribution is 0.174. The number of para-hydroxylation sites is 1. The zero-order valence-corrected chi connectivity index (χ0v) is 13.5. The third kappa shape index (κ3) is 3.98. The van der Waals surface area contributed by atoms with E-state index in [4.69, 9.17) is 4.74 Å². The minimum absolute atomic E-state index is 0.435. The van der Waals surface area contributed by atoms with Gasteiger partial charge in [-0.1, -0.05) is 30.3 Å². The summed E-state index contributed by atoms with van der Waals surface area (Å²) in [6, 6.07) is 17.1. The van der Waals surface area contributed by atoms with Crippen molar-refractivity contribution in [3.8, 4) is 11.4 Å². The highest BCUT2D eigenvalue weighted by atomic mass is 16.5. The molecule has 0 aliphatic heterocycles. The Morgan fingerprint density at radius 2 is 1.88 bits per heavy atom. The predicted molar refractivity (Wildman–Crippen MR) is 91.0 cm³/mol. The smallest absolute Gasteiger partial charge is 0.118 e. The summed E-state index contributed by atoms with van der Waals surface area (Å²) in [7, 11) is 1.62. The molecule has 2 N–H and O–H groups in total. The summed E-state index contributed by atoms with van der Waals surface area (Å²) >= 11 is 0. The predicted octanol–water partition coefficient (Wildman–Crippen LogP) is 2.10. The topological polar surface area (TPSA) is 72.2 Å². The van der Waals surface area contributed by atoms with E-state index in [0.29, 0.717) is 13.1 Å². The maximum Gasteiger partial charge on any atom is 0.118 e. The second-order valence-corrected chi connectivity index (χ2v) is 5.38. The van der Waals surface area contributed by atoms with Crippen LogP contribution < -0.4 is 10.1 Å². The van der Waals surface area contributed by atoms with E-state index in [9.17, 15) is 5.11 Å². The minimum Gasteiger partial charge on any atom is -0.497 e.